The fraction of sp³-hybridized carbons (Fsp3) is 0.875. The van der Waals surface area contributed by atoms with Crippen molar-refractivity contribution >= 4 is 12.0 Å². The number of fused-ring (bicyclic) bond motifs is 1. The highest BCUT2D eigenvalue weighted by Gasteiger charge is 2.39. The summed E-state index contributed by atoms with van der Waals surface area (Å²) in [5.41, 5.74) is 0. The maximum Gasteiger partial charge on any atom is 0.326 e. The van der Waals surface area contributed by atoms with Gasteiger partial charge in [0.05, 0.1) is 0 Å². The lowest BCUT2D eigenvalue weighted by Gasteiger charge is -2.29. The second kappa shape index (κ2) is 6.24. The number of rotatable bonds is 3. The normalized spacial score (nSPS) is 31.0. The molecule has 0 bridgehead atoms. The van der Waals surface area contributed by atoms with Crippen molar-refractivity contribution in [3.05, 3.63) is 0 Å². The molecule has 3 unspecified atom stereocenters. The lowest BCUT2D eigenvalue weighted by molar-refractivity contribution is -0.141. The Morgan fingerprint density at radius 1 is 0.952 bits per heavy atom. The van der Waals surface area contributed by atoms with E-state index in [0.29, 0.717) is 11.8 Å². The van der Waals surface area contributed by atoms with Crippen LogP contribution < -0.4 is 5.32 Å². The van der Waals surface area contributed by atoms with Crippen LogP contribution >= 0.6 is 0 Å². The molecule has 0 aromatic rings. The van der Waals surface area contributed by atoms with Crippen LogP contribution in [0.1, 0.15) is 51.4 Å². The first-order chi connectivity index (χ1) is 10.1. The fourth-order valence-corrected chi connectivity index (χ4v) is 4.47. The average molecular weight is 294 g/mol. The Bertz CT molecular complexity index is 394. The Balaban J connectivity index is 1.57. The molecule has 2 amide bonds. The van der Waals surface area contributed by atoms with Crippen LogP contribution in [0.5, 0.6) is 0 Å². The minimum Gasteiger partial charge on any atom is -0.480 e. The Kier molecular flexibility index (Phi) is 4.36. The lowest BCUT2D eigenvalue weighted by Crippen LogP contribution is -2.51. The quantitative estimate of drug-likeness (QED) is 0.840. The standard InChI is InChI=1S/C16H26N2O3/c19-15(20)14(11-5-2-1-3-6-11)17-16(21)18-9-12-7-4-8-13(12)10-18/h11-14H,1-10H2,(H,17,21)(H,19,20). The summed E-state index contributed by atoms with van der Waals surface area (Å²) in [7, 11) is 0. The summed E-state index contributed by atoms with van der Waals surface area (Å²) in [6, 6.07) is -0.874. The molecule has 21 heavy (non-hydrogen) atoms. The van der Waals surface area contributed by atoms with Gasteiger partial charge in [-0.2, -0.15) is 0 Å². The van der Waals surface area contributed by atoms with Gasteiger partial charge in [0, 0.05) is 13.1 Å². The number of nitrogens with one attached hydrogen (secondary N) is 1. The molecule has 0 aromatic heterocycles. The third-order valence-electron chi connectivity index (χ3n) is 5.68. The van der Waals surface area contributed by atoms with Gasteiger partial charge in [0.25, 0.3) is 0 Å². The number of amides is 2. The van der Waals surface area contributed by atoms with E-state index in [1.807, 2.05) is 4.90 Å². The second-order valence-electron chi connectivity index (χ2n) is 7.02. The van der Waals surface area contributed by atoms with Gasteiger partial charge >= 0.3 is 12.0 Å². The van der Waals surface area contributed by atoms with Gasteiger partial charge in [-0.25, -0.2) is 9.59 Å². The molecule has 3 aliphatic rings. The van der Waals surface area contributed by atoms with Crippen molar-refractivity contribution < 1.29 is 14.7 Å². The number of nitrogens with zero attached hydrogens (tertiary/aromatic N) is 1. The Hall–Kier alpha value is -1.26. The monoisotopic (exact) mass is 294 g/mol. The van der Waals surface area contributed by atoms with Gasteiger partial charge in [-0.1, -0.05) is 25.7 Å². The summed E-state index contributed by atoms with van der Waals surface area (Å²) in [6.45, 7) is 1.63. The number of carbonyl (C=O) groups excluding carboxylic acids is 1. The van der Waals surface area contributed by atoms with Crippen molar-refractivity contribution in [3.8, 4) is 0 Å². The number of carboxylic acid groups (broad SMARTS) is 1. The van der Waals surface area contributed by atoms with E-state index in [4.69, 9.17) is 0 Å². The number of carboxylic acids is 1. The largest absolute Gasteiger partial charge is 0.480 e. The predicted octanol–water partition coefficient (Wildman–Crippen LogP) is 2.46. The van der Waals surface area contributed by atoms with Crippen molar-refractivity contribution in [2.24, 2.45) is 17.8 Å². The summed E-state index contributed by atoms with van der Waals surface area (Å²) in [6.07, 6.45) is 8.91. The zero-order valence-electron chi connectivity index (χ0n) is 12.6. The number of hydrogen-bond donors (Lipinski definition) is 2. The van der Waals surface area contributed by atoms with Crippen LogP contribution in [0.4, 0.5) is 4.79 Å². The van der Waals surface area contributed by atoms with Crippen LogP contribution in [0.25, 0.3) is 0 Å². The molecule has 1 saturated heterocycles. The first-order valence-electron chi connectivity index (χ1n) is 8.43. The molecule has 2 aliphatic carbocycles. The first-order valence-corrected chi connectivity index (χ1v) is 8.43. The topological polar surface area (TPSA) is 69.6 Å². The van der Waals surface area contributed by atoms with Gasteiger partial charge in [-0.3, -0.25) is 0 Å². The third-order valence-corrected chi connectivity index (χ3v) is 5.68. The second-order valence-corrected chi connectivity index (χ2v) is 7.02. The number of hydrogen-bond acceptors (Lipinski definition) is 2. The van der Waals surface area contributed by atoms with Gasteiger partial charge < -0.3 is 15.3 Å². The number of urea groups is 1. The maximum atomic E-state index is 12.4. The molecular formula is C16H26N2O3. The average Bonchev–Trinajstić information content (AvgIpc) is 3.06. The molecule has 0 spiro atoms. The van der Waals surface area contributed by atoms with E-state index in [1.165, 1.54) is 25.7 Å². The Labute approximate surface area is 126 Å². The highest BCUT2D eigenvalue weighted by Crippen LogP contribution is 2.37. The van der Waals surface area contributed by atoms with Crippen molar-refractivity contribution in [3.63, 3.8) is 0 Å². The number of likely N-dealkylation sites (tertiary alicyclic amines) is 1. The molecule has 1 aliphatic heterocycles. The molecule has 2 saturated carbocycles. The van der Waals surface area contributed by atoms with Gasteiger partial charge in [0.1, 0.15) is 6.04 Å². The van der Waals surface area contributed by atoms with Crippen molar-refractivity contribution in [2.45, 2.75) is 57.4 Å². The van der Waals surface area contributed by atoms with E-state index in [-0.39, 0.29) is 11.9 Å². The summed E-state index contributed by atoms with van der Waals surface area (Å²) in [5.74, 6) is 0.513. The summed E-state index contributed by atoms with van der Waals surface area (Å²) in [5, 5.41) is 12.3. The van der Waals surface area contributed by atoms with E-state index in [0.717, 1.165) is 38.8 Å². The molecule has 3 fully saturated rings. The van der Waals surface area contributed by atoms with Crippen molar-refractivity contribution in [1.82, 2.24) is 10.2 Å². The molecule has 0 radical (unpaired) electrons. The smallest absolute Gasteiger partial charge is 0.326 e. The van der Waals surface area contributed by atoms with Crippen LogP contribution in [0.15, 0.2) is 0 Å². The van der Waals surface area contributed by atoms with Gasteiger partial charge in [0.15, 0.2) is 0 Å². The SMILES string of the molecule is O=C(O)C(NC(=O)N1CC2CCCC2C1)C1CCCCC1. The van der Waals surface area contributed by atoms with E-state index in [2.05, 4.69) is 5.32 Å². The highest BCUT2D eigenvalue weighted by molar-refractivity contribution is 5.83. The van der Waals surface area contributed by atoms with E-state index < -0.39 is 12.0 Å². The molecule has 1 heterocycles. The molecule has 2 N–H and O–H groups in total. The highest BCUT2D eigenvalue weighted by atomic mass is 16.4. The molecule has 0 aromatic carbocycles. The van der Waals surface area contributed by atoms with Crippen LogP contribution in [0, 0.1) is 17.8 Å². The molecule has 5 heteroatoms. The third kappa shape index (κ3) is 3.16. The van der Waals surface area contributed by atoms with E-state index in [9.17, 15) is 14.7 Å². The van der Waals surface area contributed by atoms with Gasteiger partial charge in [-0.05, 0) is 43.4 Å². The minimum absolute atomic E-state index is 0.0994. The molecule has 118 valence electrons. The van der Waals surface area contributed by atoms with Gasteiger partial charge in [0.2, 0.25) is 0 Å². The van der Waals surface area contributed by atoms with Gasteiger partial charge in [-0.15, -0.1) is 0 Å². The van der Waals surface area contributed by atoms with E-state index in [1.54, 1.807) is 0 Å². The Morgan fingerprint density at radius 2 is 1.57 bits per heavy atom. The van der Waals surface area contributed by atoms with Crippen LogP contribution in [0.3, 0.4) is 0 Å². The lowest BCUT2D eigenvalue weighted by atomic mass is 9.84. The molecular weight excluding hydrogens is 268 g/mol. The summed E-state index contributed by atoms with van der Waals surface area (Å²) < 4.78 is 0. The maximum absolute atomic E-state index is 12.4. The molecule has 5 nitrogen and oxygen atoms in total. The predicted molar refractivity (Wildman–Crippen MR) is 78.9 cm³/mol. The molecule has 3 rings (SSSR count). The fourth-order valence-electron chi connectivity index (χ4n) is 4.47. The first kappa shape index (κ1) is 14.7. The Morgan fingerprint density at radius 3 is 2.14 bits per heavy atom. The summed E-state index contributed by atoms with van der Waals surface area (Å²) >= 11 is 0. The minimum atomic E-state index is -0.880. The number of aliphatic carboxylic acids is 1. The van der Waals surface area contributed by atoms with Crippen molar-refractivity contribution in [2.75, 3.05) is 13.1 Å². The van der Waals surface area contributed by atoms with Crippen LogP contribution in [0.2, 0.25) is 0 Å². The zero-order valence-corrected chi connectivity index (χ0v) is 12.6. The van der Waals surface area contributed by atoms with Crippen molar-refractivity contribution in [1.29, 1.82) is 0 Å². The van der Waals surface area contributed by atoms with Crippen LogP contribution in [-0.2, 0) is 4.79 Å². The molecule has 3 atom stereocenters. The zero-order chi connectivity index (χ0) is 14.8. The summed E-state index contributed by atoms with van der Waals surface area (Å²) in [4.78, 5) is 25.7. The number of carbonyl (C=O) groups is 2. The van der Waals surface area contributed by atoms with Crippen LogP contribution in [-0.4, -0.2) is 41.1 Å². The van der Waals surface area contributed by atoms with E-state index >= 15 is 0 Å².